The molecule has 4 aromatic carbocycles. The van der Waals surface area contributed by atoms with Gasteiger partial charge in [0.25, 0.3) is 5.91 Å². The lowest BCUT2D eigenvalue weighted by atomic mass is 10.1. The number of rotatable bonds is 7. The maximum Gasteiger partial charge on any atom is 0.251 e. The number of carbonyl (C=O) groups excluding carboxylic acids is 1. The van der Waals surface area contributed by atoms with Gasteiger partial charge in [-0.05, 0) is 29.1 Å². The quantitative estimate of drug-likeness (QED) is 0.441. The summed E-state index contributed by atoms with van der Waals surface area (Å²) in [6.07, 6.45) is 0.518. The Morgan fingerprint density at radius 2 is 1.41 bits per heavy atom. The molecule has 0 fully saturated rings. The Bertz CT molecular complexity index is 1070. The van der Waals surface area contributed by atoms with Crippen molar-refractivity contribution in [3.8, 4) is 5.75 Å². The molecule has 1 N–H and O–H groups in total. The lowest BCUT2D eigenvalue weighted by Crippen LogP contribution is -2.26. The minimum atomic E-state index is -0.155. The molecular formula is C26H23NO2. The number of hydrogen-bond acceptors (Lipinski definition) is 2. The fourth-order valence-corrected chi connectivity index (χ4v) is 3.42. The third kappa shape index (κ3) is 4.64. The van der Waals surface area contributed by atoms with Crippen molar-refractivity contribution in [3.05, 3.63) is 114 Å². The highest BCUT2D eigenvalue weighted by molar-refractivity contribution is 5.94. The average molecular weight is 381 g/mol. The predicted octanol–water partition coefficient (Wildman–Crippen LogP) is 5.78. The molecule has 0 spiro atoms. The first-order valence-corrected chi connectivity index (χ1v) is 9.84. The van der Waals surface area contributed by atoms with Crippen molar-refractivity contribution in [3.63, 3.8) is 0 Å². The molecule has 0 aliphatic heterocycles. The van der Waals surface area contributed by atoms with Crippen molar-refractivity contribution in [1.82, 2.24) is 5.32 Å². The van der Waals surface area contributed by atoms with Crippen LogP contribution in [0.25, 0.3) is 10.8 Å². The van der Waals surface area contributed by atoms with E-state index < -0.39 is 0 Å². The first kappa shape index (κ1) is 18.8. The second-order valence-electron chi connectivity index (χ2n) is 6.91. The van der Waals surface area contributed by atoms with Crippen molar-refractivity contribution in [2.75, 3.05) is 6.54 Å². The van der Waals surface area contributed by atoms with Gasteiger partial charge in [-0.1, -0.05) is 84.9 Å². The van der Waals surface area contributed by atoms with Crippen LogP contribution in [0, 0.1) is 0 Å². The van der Waals surface area contributed by atoms with E-state index in [-0.39, 0.29) is 12.0 Å². The van der Waals surface area contributed by atoms with Crippen LogP contribution in [0.4, 0.5) is 0 Å². The van der Waals surface area contributed by atoms with Crippen molar-refractivity contribution in [2.45, 2.75) is 12.5 Å². The molecule has 3 heteroatoms. The smallest absolute Gasteiger partial charge is 0.251 e. The fourth-order valence-electron chi connectivity index (χ4n) is 3.42. The highest BCUT2D eigenvalue weighted by atomic mass is 16.5. The summed E-state index contributed by atoms with van der Waals surface area (Å²) in [6, 6.07) is 33.7. The largest absolute Gasteiger partial charge is 0.485 e. The van der Waals surface area contributed by atoms with Crippen molar-refractivity contribution in [2.24, 2.45) is 0 Å². The van der Waals surface area contributed by atoms with Crippen molar-refractivity contribution >= 4 is 16.7 Å². The SMILES string of the molecule is O=C(NCCC(Oc1cccc2ccccc12)c1ccccc1)c1ccccc1. The lowest BCUT2D eigenvalue weighted by Gasteiger charge is -2.21. The van der Waals surface area contributed by atoms with Gasteiger partial charge in [-0.25, -0.2) is 0 Å². The van der Waals surface area contributed by atoms with Gasteiger partial charge < -0.3 is 10.1 Å². The summed E-state index contributed by atoms with van der Waals surface area (Å²) in [4.78, 5) is 12.3. The summed E-state index contributed by atoms with van der Waals surface area (Å²) in [5.41, 5.74) is 1.76. The van der Waals surface area contributed by atoms with Gasteiger partial charge in [-0.3, -0.25) is 4.79 Å². The summed E-state index contributed by atoms with van der Waals surface area (Å²) >= 11 is 0. The van der Waals surface area contributed by atoms with Crippen molar-refractivity contribution in [1.29, 1.82) is 0 Å². The number of nitrogens with one attached hydrogen (secondary N) is 1. The average Bonchev–Trinajstić information content (AvgIpc) is 2.79. The first-order valence-electron chi connectivity index (χ1n) is 9.84. The Labute approximate surface area is 171 Å². The highest BCUT2D eigenvalue weighted by Crippen LogP contribution is 2.31. The van der Waals surface area contributed by atoms with Gasteiger partial charge in [0.2, 0.25) is 0 Å². The van der Waals surface area contributed by atoms with E-state index in [1.54, 1.807) is 0 Å². The maximum atomic E-state index is 12.3. The first-order chi connectivity index (χ1) is 14.3. The molecule has 0 heterocycles. The minimum Gasteiger partial charge on any atom is -0.485 e. The van der Waals surface area contributed by atoms with Crippen LogP contribution in [0.15, 0.2) is 103 Å². The summed E-state index contributed by atoms with van der Waals surface area (Å²) in [7, 11) is 0. The van der Waals surface area contributed by atoms with Crippen LogP contribution in [0.5, 0.6) is 5.75 Å². The topological polar surface area (TPSA) is 38.3 Å². The van der Waals surface area contributed by atoms with Gasteiger partial charge in [-0.15, -0.1) is 0 Å². The molecule has 0 aromatic heterocycles. The van der Waals surface area contributed by atoms with E-state index >= 15 is 0 Å². The van der Waals surface area contributed by atoms with Gasteiger partial charge in [0.15, 0.2) is 0 Å². The number of ether oxygens (including phenoxy) is 1. The molecule has 4 rings (SSSR count). The second-order valence-corrected chi connectivity index (χ2v) is 6.91. The molecule has 4 aromatic rings. The molecule has 0 aliphatic carbocycles. The van der Waals surface area contributed by atoms with Gasteiger partial charge >= 0.3 is 0 Å². The molecule has 0 saturated carbocycles. The molecular weight excluding hydrogens is 358 g/mol. The number of hydrogen-bond donors (Lipinski definition) is 1. The molecule has 144 valence electrons. The van der Waals surface area contributed by atoms with Crippen LogP contribution < -0.4 is 10.1 Å². The molecule has 3 nitrogen and oxygen atoms in total. The standard InChI is InChI=1S/C26H23NO2/c28-26(22-13-5-2-6-14-22)27-19-18-24(21-11-3-1-4-12-21)29-25-17-9-15-20-10-7-8-16-23(20)25/h1-17,24H,18-19H2,(H,27,28). The van der Waals surface area contributed by atoms with Crippen LogP contribution in [0.3, 0.4) is 0 Å². The predicted molar refractivity (Wildman–Crippen MR) is 117 cm³/mol. The Kier molecular flexibility index (Phi) is 5.87. The van der Waals surface area contributed by atoms with E-state index in [1.807, 2.05) is 72.8 Å². The van der Waals surface area contributed by atoms with Crippen LogP contribution in [0.1, 0.15) is 28.4 Å². The normalized spacial score (nSPS) is 11.7. The Balaban J connectivity index is 1.51. The van der Waals surface area contributed by atoms with Gasteiger partial charge in [0.1, 0.15) is 11.9 Å². The van der Waals surface area contributed by atoms with E-state index in [0.29, 0.717) is 18.5 Å². The molecule has 0 saturated heterocycles. The fraction of sp³-hybridized carbons (Fsp3) is 0.115. The summed E-state index contributed by atoms with van der Waals surface area (Å²) < 4.78 is 6.45. The molecule has 1 amide bonds. The zero-order chi connectivity index (χ0) is 19.9. The lowest BCUT2D eigenvalue weighted by molar-refractivity contribution is 0.0946. The van der Waals surface area contributed by atoms with E-state index in [9.17, 15) is 4.79 Å². The van der Waals surface area contributed by atoms with Gasteiger partial charge in [0, 0.05) is 23.9 Å². The van der Waals surface area contributed by atoms with Crippen LogP contribution in [0.2, 0.25) is 0 Å². The highest BCUT2D eigenvalue weighted by Gasteiger charge is 2.15. The van der Waals surface area contributed by atoms with E-state index in [1.165, 1.54) is 0 Å². The van der Waals surface area contributed by atoms with E-state index in [4.69, 9.17) is 4.74 Å². The van der Waals surface area contributed by atoms with E-state index in [0.717, 1.165) is 22.1 Å². The number of amides is 1. The molecule has 0 bridgehead atoms. The zero-order valence-electron chi connectivity index (χ0n) is 16.1. The monoisotopic (exact) mass is 381 g/mol. The molecule has 1 unspecified atom stereocenters. The minimum absolute atomic E-state index is 0.0671. The van der Waals surface area contributed by atoms with Crippen LogP contribution >= 0.6 is 0 Å². The third-order valence-corrected chi connectivity index (χ3v) is 4.92. The Morgan fingerprint density at radius 1 is 0.759 bits per heavy atom. The van der Waals surface area contributed by atoms with Gasteiger partial charge in [0.05, 0.1) is 0 Å². The number of fused-ring (bicyclic) bond motifs is 1. The summed E-state index contributed by atoms with van der Waals surface area (Å²) in [5.74, 6) is 0.786. The molecule has 29 heavy (non-hydrogen) atoms. The summed E-state index contributed by atoms with van der Waals surface area (Å²) in [6.45, 7) is 0.526. The van der Waals surface area contributed by atoms with Crippen molar-refractivity contribution < 1.29 is 9.53 Å². The van der Waals surface area contributed by atoms with E-state index in [2.05, 4.69) is 35.6 Å². The zero-order valence-corrected chi connectivity index (χ0v) is 16.1. The molecule has 0 aliphatic rings. The molecule has 1 atom stereocenters. The second kappa shape index (κ2) is 9.07. The van der Waals surface area contributed by atoms with Crippen LogP contribution in [-0.4, -0.2) is 12.5 Å². The van der Waals surface area contributed by atoms with Gasteiger partial charge in [-0.2, -0.15) is 0 Å². The Hall–Kier alpha value is -3.59. The third-order valence-electron chi connectivity index (χ3n) is 4.92. The molecule has 0 radical (unpaired) electrons. The number of benzene rings is 4. The number of carbonyl (C=O) groups is 1. The summed E-state index contributed by atoms with van der Waals surface area (Å²) in [5, 5.41) is 5.24. The van der Waals surface area contributed by atoms with Crippen LogP contribution in [-0.2, 0) is 0 Å². The Morgan fingerprint density at radius 3 is 2.21 bits per heavy atom. The maximum absolute atomic E-state index is 12.3.